The Bertz CT molecular complexity index is 345. The van der Waals surface area contributed by atoms with Crippen LogP contribution in [0, 0.1) is 16.7 Å². The molecule has 5 heteroatoms. The Kier molecular flexibility index (Phi) is 4.32. The van der Waals surface area contributed by atoms with Crippen molar-refractivity contribution in [1.82, 2.24) is 0 Å². The summed E-state index contributed by atoms with van der Waals surface area (Å²) in [5, 5.41) is 8.75. The first kappa shape index (κ1) is 14.4. The number of rotatable bonds is 5. The first-order chi connectivity index (χ1) is 6.47. The molecule has 4 nitrogen and oxygen atoms in total. The highest BCUT2D eigenvalue weighted by molar-refractivity contribution is 7.91. The summed E-state index contributed by atoms with van der Waals surface area (Å²) in [5.74, 6) is -0.0182. The highest BCUT2D eigenvalue weighted by atomic mass is 32.2. The van der Waals surface area contributed by atoms with Gasteiger partial charge in [0.25, 0.3) is 0 Å². The third-order valence-corrected chi connectivity index (χ3v) is 3.94. The third kappa shape index (κ3) is 7.34. The van der Waals surface area contributed by atoms with Gasteiger partial charge in [0.2, 0.25) is 0 Å². The van der Waals surface area contributed by atoms with E-state index in [4.69, 9.17) is 11.0 Å². The van der Waals surface area contributed by atoms with E-state index in [0.717, 1.165) is 0 Å². The van der Waals surface area contributed by atoms with Crippen molar-refractivity contribution in [2.75, 3.05) is 11.5 Å². The zero-order valence-corrected chi connectivity index (χ0v) is 10.7. The lowest BCUT2D eigenvalue weighted by molar-refractivity contribution is 0.470. The van der Waals surface area contributed by atoms with E-state index in [-0.39, 0.29) is 11.5 Å². The number of nitrogens with zero attached hydrogens (tertiary/aromatic N) is 1. The van der Waals surface area contributed by atoms with Gasteiger partial charge in [0.15, 0.2) is 9.84 Å². The number of sulfone groups is 1. The fraction of sp³-hybridized carbons (Fsp3) is 0.900. The van der Waals surface area contributed by atoms with Gasteiger partial charge in [-0.25, -0.2) is 8.42 Å². The van der Waals surface area contributed by atoms with Crippen LogP contribution < -0.4 is 5.73 Å². The zero-order valence-electron chi connectivity index (χ0n) is 9.87. The molecule has 0 aromatic carbocycles. The van der Waals surface area contributed by atoms with Crippen molar-refractivity contribution in [2.24, 2.45) is 11.1 Å². The molecule has 0 heterocycles. The molecule has 2 N–H and O–H groups in total. The van der Waals surface area contributed by atoms with Crippen LogP contribution in [0.4, 0.5) is 0 Å². The van der Waals surface area contributed by atoms with Crippen molar-refractivity contribution in [3.63, 3.8) is 0 Å². The molecule has 0 rings (SSSR count). The predicted octanol–water partition coefficient (Wildman–Crippen LogP) is 1.08. The summed E-state index contributed by atoms with van der Waals surface area (Å²) in [6.07, 6.45) is 0.349. The highest BCUT2D eigenvalue weighted by Crippen LogP contribution is 2.20. The van der Waals surface area contributed by atoms with E-state index in [2.05, 4.69) is 6.07 Å². The number of hydrogen-bond acceptors (Lipinski definition) is 4. The molecule has 0 fully saturated rings. The van der Waals surface area contributed by atoms with Gasteiger partial charge in [-0.2, -0.15) is 5.26 Å². The standard InChI is InChI=1S/C10H20N2O2S/c1-9(2,7-11)5-6-15(13,14)8-10(3,4)12/h5-6,8,12H2,1-4H3. The van der Waals surface area contributed by atoms with Crippen molar-refractivity contribution in [3.05, 3.63) is 0 Å². The molecule has 0 bridgehead atoms. The number of nitrogens with two attached hydrogens (primary N) is 1. The normalized spacial score (nSPS) is 13.6. The van der Waals surface area contributed by atoms with Crippen LogP contribution in [0.3, 0.4) is 0 Å². The lowest BCUT2D eigenvalue weighted by Crippen LogP contribution is -2.40. The Hall–Kier alpha value is -0.600. The van der Waals surface area contributed by atoms with Crippen LogP contribution in [0.25, 0.3) is 0 Å². The van der Waals surface area contributed by atoms with E-state index in [1.807, 2.05) is 0 Å². The molecule has 0 radical (unpaired) electrons. The topological polar surface area (TPSA) is 84.0 Å². The zero-order chi connectivity index (χ0) is 12.3. The average Bonchev–Trinajstić information content (AvgIpc) is 1.97. The lowest BCUT2D eigenvalue weighted by Gasteiger charge is -2.20. The molecular formula is C10H20N2O2S. The van der Waals surface area contributed by atoms with Crippen molar-refractivity contribution in [1.29, 1.82) is 5.26 Å². The van der Waals surface area contributed by atoms with Crippen LogP contribution >= 0.6 is 0 Å². The van der Waals surface area contributed by atoms with Gasteiger partial charge in [-0.3, -0.25) is 0 Å². The second kappa shape index (κ2) is 4.50. The lowest BCUT2D eigenvalue weighted by atomic mass is 9.93. The molecule has 0 spiro atoms. The maximum atomic E-state index is 11.6. The average molecular weight is 232 g/mol. The van der Waals surface area contributed by atoms with E-state index in [1.54, 1.807) is 27.7 Å². The summed E-state index contributed by atoms with van der Waals surface area (Å²) < 4.78 is 23.2. The summed E-state index contributed by atoms with van der Waals surface area (Å²) in [5.41, 5.74) is 4.35. The van der Waals surface area contributed by atoms with E-state index in [9.17, 15) is 8.42 Å². The van der Waals surface area contributed by atoms with Gasteiger partial charge in [-0.15, -0.1) is 0 Å². The molecule has 0 atom stereocenters. The Morgan fingerprint density at radius 3 is 2.07 bits per heavy atom. The summed E-state index contributed by atoms with van der Waals surface area (Å²) >= 11 is 0. The molecular weight excluding hydrogens is 212 g/mol. The van der Waals surface area contributed by atoms with E-state index >= 15 is 0 Å². The molecule has 88 valence electrons. The molecule has 15 heavy (non-hydrogen) atoms. The molecule has 0 saturated heterocycles. The van der Waals surface area contributed by atoms with Gasteiger partial charge in [-0.1, -0.05) is 0 Å². The Labute approximate surface area is 92.4 Å². The number of hydrogen-bond donors (Lipinski definition) is 1. The summed E-state index contributed by atoms with van der Waals surface area (Å²) in [6, 6.07) is 2.08. The Balaban J connectivity index is 4.38. The predicted molar refractivity (Wildman–Crippen MR) is 60.9 cm³/mol. The summed E-state index contributed by atoms with van der Waals surface area (Å²) in [4.78, 5) is 0. The van der Waals surface area contributed by atoms with Crippen molar-refractivity contribution < 1.29 is 8.42 Å². The molecule has 0 aliphatic carbocycles. The highest BCUT2D eigenvalue weighted by Gasteiger charge is 2.25. The van der Waals surface area contributed by atoms with Crippen molar-refractivity contribution in [2.45, 2.75) is 39.7 Å². The third-order valence-electron chi connectivity index (χ3n) is 1.93. The largest absolute Gasteiger partial charge is 0.325 e. The molecule has 0 unspecified atom stereocenters. The summed E-state index contributed by atoms with van der Waals surface area (Å²) in [6.45, 7) is 6.83. The van der Waals surface area contributed by atoms with E-state index < -0.39 is 20.8 Å². The van der Waals surface area contributed by atoms with E-state index in [0.29, 0.717) is 6.42 Å². The maximum absolute atomic E-state index is 11.6. The molecule has 0 saturated carbocycles. The Morgan fingerprint density at radius 1 is 1.27 bits per heavy atom. The van der Waals surface area contributed by atoms with Crippen molar-refractivity contribution in [3.8, 4) is 6.07 Å². The van der Waals surface area contributed by atoms with Gasteiger partial charge in [-0.05, 0) is 34.1 Å². The van der Waals surface area contributed by atoms with E-state index in [1.165, 1.54) is 0 Å². The van der Waals surface area contributed by atoms with Gasteiger partial charge in [0.05, 0.1) is 23.0 Å². The Morgan fingerprint density at radius 2 is 1.73 bits per heavy atom. The van der Waals surface area contributed by atoms with Gasteiger partial charge >= 0.3 is 0 Å². The molecule has 0 aromatic rings. The summed E-state index contributed by atoms with van der Waals surface area (Å²) in [7, 11) is -3.16. The van der Waals surface area contributed by atoms with Crippen LogP contribution in [0.5, 0.6) is 0 Å². The van der Waals surface area contributed by atoms with Crippen LogP contribution in [0.1, 0.15) is 34.1 Å². The van der Waals surface area contributed by atoms with Crippen LogP contribution in [0.2, 0.25) is 0 Å². The monoisotopic (exact) mass is 232 g/mol. The first-order valence-electron chi connectivity index (χ1n) is 4.88. The minimum absolute atomic E-state index is 0.0220. The SMILES string of the molecule is CC(C)(N)CS(=O)(=O)CCC(C)(C)C#N. The fourth-order valence-corrected chi connectivity index (χ4v) is 3.20. The fourth-order valence-electron chi connectivity index (χ4n) is 1.11. The minimum Gasteiger partial charge on any atom is -0.325 e. The molecule has 0 aliphatic rings. The van der Waals surface area contributed by atoms with Gasteiger partial charge in [0, 0.05) is 5.54 Å². The smallest absolute Gasteiger partial charge is 0.152 e. The minimum atomic E-state index is -3.16. The van der Waals surface area contributed by atoms with Crippen LogP contribution in [-0.4, -0.2) is 25.5 Å². The quantitative estimate of drug-likeness (QED) is 0.768. The molecule has 0 aliphatic heterocycles. The van der Waals surface area contributed by atoms with Gasteiger partial charge in [0.1, 0.15) is 0 Å². The van der Waals surface area contributed by atoms with Crippen LogP contribution in [0.15, 0.2) is 0 Å². The second-order valence-electron chi connectivity index (χ2n) is 5.33. The first-order valence-corrected chi connectivity index (χ1v) is 6.70. The molecule has 0 amide bonds. The maximum Gasteiger partial charge on any atom is 0.152 e. The number of nitriles is 1. The van der Waals surface area contributed by atoms with Crippen LogP contribution in [-0.2, 0) is 9.84 Å². The van der Waals surface area contributed by atoms with Gasteiger partial charge < -0.3 is 5.73 Å². The molecule has 0 aromatic heterocycles. The van der Waals surface area contributed by atoms with Crippen molar-refractivity contribution >= 4 is 9.84 Å². The second-order valence-corrected chi connectivity index (χ2v) is 7.51.